The van der Waals surface area contributed by atoms with Crippen molar-refractivity contribution in [3.8, 4) is 0 Å². The predicted molar refractivity (Wildman–Crippen MR) is 81.3 cm³/mol. The molecule has 0 aromatic heterocycles. The zero-order chi connectivity index (χ0) is 13.1. The zero-order valence-electron chi connectivity index (χ0n) is 10.7. The van der Waals surface area contributed by atoms with Crippen LogP contribution in [0.4, 0.5) is 11.4 Å². The highest BCUT2D eigenvalue weighted by Gasteiger charge is 2.06. The molecule has 0 bridgehead atoms. The Balaban J connectivity index is 2.34. The third kappa shape index (κ3) is 2.74. The molecule has 2 aromatic rings. The van der Waals surface area contributed by atoms with E-state index < -0.39 is 0 Å². The molecule has 2 nitrogen and oxygen atoms in total. The van der Waals surface area contributed by atoms with Crippen molar-refractivity contribution < 1.29 is 0 Å². The van der Waals surface area contributed by atoms with Gasteiger partial charge in [-0.2, -0.15) is 0 Å². The molecule has 94 valence electrons. The lowest BCUT2D eigenvalue weighted by atomic mass is 10.1. The number of hydrogen-bond acceptors (Lipinski definition) is 2. The molecule has 0 unspecified atom stereocenters. The van der Waals surface area contributed by atoms with Gasteiger partial charge in [-0.25, -0.2) is 0 Å². The molecule has 0 aliphatic carbocycles. The largest absolute Gasteiger partial charge is 0.345 e. The first-order chi connectivity index (χ1) is 8.61. The lowest BCUT2D eigenvalue weighted by Crippen LogP contribution is -2.10. The number of halogens is 1. The van der Waals surface area contributed by atoms with Gasteiger partial charge in [0.1, 0.15) is 0 Å². The van der Waals surface area contributed by atoms with Gasteiger partial charge in [0.25, 0.3) is 0 Å². The minimum Gasteiger partial charge on any atom is -0.345 e. The maximum Gasteiger partial charge on any atom is 0.0419 e. The summed E-state index contributed by atoms with van der Waals surface area (Å²) >= 11 is 3.56. The summed E-state index contributed by atoms with van der Waals surface area (Å²) in [5.74, 6) is 0. The second kappa shape index (κ2) is 5.55. The molecule has 2 aromatic carbocycles. The molecule has 0 atom stereocenters. The normalized spacial score (nSPS) is 10.4. The van der Waals surface area contributed by atoms with Crippen LogP contribution >= 0.6 is 15.9 Å². The van der Waals surface area contributed by atoms with E-state index in [0.717, 1.165) is 15.7 Å². The van der Waals surface area contributed by atoms with Crippen molar-refractivity contribution in [1.82, 2.24) is 0 Å². The Morgan fingerprint density at radius 3 is 2.44 bits per heavy atom. The molecule has 0 saturated heterocycles. The second-order valence-electron chi connectivity index (χ2n) is 4.38. The molecule has 0 amide bonds. The van der Waals surface area contributed by atoms with E-state index in [1.54, 1.807) is 0 Å². The molecule has 18 heavy (non-hydrogen) atoms. The Bertz CT molecular complexity index is 552. The van der Waals surface area contributed by atoms with E-state index in [1.807, 2.05) is 0 Å². The topological polar surface area (TPSA) is 29.3 Å². The monoisotopic (exact) mass is 304 g/mol. The molecule has 0 aliphatic rings. The lowest BCUT2D eigenvalue weighted by molar-refractivity contribution is 1.06. The van der Waals surface area contributed by atoms with E-state index in [0.29, 0.717) is 6.54 Å². The van der Waals surface area contributed by atoms with Crippen LogP contribution < -0.4 is 10.6 Å². The summed E-state index contributed by atoms with van der Waals surface area (Å²) in [7, 11) is 2.07. The van der Waals surface area contributed by atoms with E-state index in [2.05, 4.69) is 77.3 Å². The van der Waals surface area contributed by atoms with Gasteiger partial charge in [0, 0.05) is 29.4 Å². The van der Waals surface area contributed by atoms with Gasteiger partial charge in [-0.1, -0.05) is 34.1 Å². The smallest absolute Gasteiger partial charge is 0.0419 e. The summed E-state index contributed by atoms with van der Waals surface area (Å²) in [6.45, 7) is 2.65. The average Bonchev–Trinajstić information content (AvgIpc) is 2.37. The van der Waals surface area contributed by atoms with Crippen LogP contribution in [0, 0.1) is 6.92 Å². The second-order valence-corrected chi connectivity index (χ2v) is 5.23. The van der Waals surface area contributed by atoms with Crippen LogP contribution in [0.3, 0.4) is 0 Å². The van der Waals surface area contributed by atoms with E-state index in [9.17, 15) is 0 Å². The first kappa shape index (κ1) is 13.1. The number of hydrogen-bond donors (Lipinski definition) is 1. The van der Waals surface area contributed by atoms with Gasteiger partial charge < -0.3 is 10.6 Å². The molecular formula is C15H17BrN2. The summed E-state index contributed by atoms with van der Waals surface area (Å²) in [5.41, 5.74) is 10.4. The number of benzene rings is 2. The molecule has 0 spiro atoms. The highest BCUT2D eigenvalue weighted by atomic mass is 79.9. The quantitative estimate of drug-likeness (QED) is 0.929. The van der Waals surface area contributed by atoms with Crippen LogP contribution in [-0.4, -0.2) is 7.05 Å². The highest BCUT2D eigenvalue weighted by molar-refractivity contribution is 9.10. The van der Waals surface area contributed by atoms with Gasteiger partial charge in [0.2, 0.25) is 0 Å². The van der Waals surface area contributed by atoms with Crippen molar-refractivity contribution in [2.75, 3.05) is 11.9 Å². The number of nitrogens with zero attached hydrogens (tertiary/aromatic N) is 1. The van der Waals surface area contributed by atoms with Gasteiger partial charge in [0.05, 0.1) is 0 Å². The summed E-state index contributed by atoms with van der Waals surface area (Å²) < 4.78 is 1.06. The Morgan fingerprint density at radius 1 is 1.11 bits per heavy atom. The first-order valence-corrected chi connectivity index (χ1v) is 6.70. The fourth-order valence-corrected chi connectivity index (χ4v) is 2.42. The van der Waals surface area contributed by atoms with Crippen molar-refractivity contribution in [3.63, 3.8) is 0 Å². The molecule has 0 heterocycles. The lowest BCUT2D eigenvalue weighted by Gasteiger charge is -2.21. The van der Waals surface area contributed by atoms with Crippen LogP contribution in [-0.2, 0) is 6.54 Å². The van der Waals surface area contributed by atoms with Crippen molar-refractivity contribution in [2.45, 2.75) is 13.5 Å². The van der Waals surface area contributed by atoms with E-state index in [4.69, 9.17) is 5.73 Å². The van der Waals surface area contributed by atoms with Gasteiger partial charge in [-0.15, -0.1) is 0 Å². The van der Waals surface area contributed by atoms with Crippen molar-refractivity contribution in [1.29, 1.82) is 0 Å². The third-order valence-corrected chi connectivity index (χ3v) is 3.77. The minimum atomic E-state index is 0.551. The predicted octanol–water partition coefficient (Wildman–Crippen LogP) is 3.98. The van der Waals surface area contributed by atoms with Gasteiger partial charge in [-0.3, -0.25) is 0 Å². The fourth-order valence-electron chi connectivity index (χ4n) is 1.90. The van der Waals surface area contributed by atoms with Gasteiger partial charge >= 0.3 is 0 Å². The maximum atomic E-state index is 5.66. The van der Waals surface area contributed by atoms with E-state index in [-0.39, 0.29) is 0 Å². The Morgan fingerprint density at radius 2 is 1.83 bits per heavy atom. The third-order valence-electron chi connectivity index (χ3n) is 3.03. The summed E-state index contributed by atoms with van der Waals surface area (Å²) in [6.07, 6.45) is 0. The van der Waals surface area contributed by atoms with Crippen molar-refractivity contribution in [2.24, 2.45) is 5.73 Å². The maximum absolute atomic E-state index is 5.66. The summed E-state index contributed by atoms with van der Waals surface area (Å²) in [6, 6.07) is 14.7. The number of anilines is 2. The molecule has 0 aliphatic heterocycles. The molecule has 0 fully saturated rings. The number of nitrogens with two attached hydrogens (primary N) is 1. The molecule has 2 N–H and O–H groups in total. The van der Waals surface area contributed by atoms with Crippen LogP contribution in [0.5, 0.6) is 0 Å². The Hall–Kier alpha value is -1.32. The fraction of sp³-hybridized carbons (Fsp3) is 0.200. The van der Waals surface area contributed by atoms with Crippen molar-refractivity contribution in [3.05, 3.63) is 58.1 Å². The number of aryl methyl sites for hydroxylation is 1. The van der Waals surface area contributed by atoms with Crippen molar-refractivity contribution >= 4 is 27.3 Å². The van der Waals surface area contributed by atoms with Gasteiger partial charge in [0.15, 0.2) is 0 Å². The Labute approximate surface area is 117 Å². The van der Waals surface area contributed by atoms with Crippen LogP contribution in [0.2, 0.25) is 0 Å². The minimum absolute atomic E-state index is 0.551. The highest BCUT2D eigenvalue weighted by Crippen LogP contribution is 2.28. The molecule has 0 saturated carbocycles. The van der Waals surface area contributed by atoms with Crippen LogP contribution in [0.15, 0.2) is 46.9 Å². The number of rotatable bonds is 3. The molecule has 2 rings (SSSR count). The van der Waals surface area contributed by atoms with E-state index in [1.165, 1.54) is 11.3 Å². The van der Waals surface area contributed by atoms with Crippen LogP contribution in [0.25, 0.3) is 0 Å². The molecule has 3 heteroatoms. The molecule has 0 radical (unpaired) electrons. The standard InChI is InChI=1S/C15H17BrN2/c1-11-4-3-5-13(8-11)18(2)14-7-6-12(10-17)15(16)9-14/h3-9H,10,17H2,1-2H3. The summed E-state index contributed by atoms with van der Waals surface area (Å²) in [5, 5.41) is 0. The van der Waals surface area contributed by atoms with Gasteiger partial charge in [-0.05, 0) is 42.3 Å². The first-order valence-electron chi connectivity index (χ1n) is 5.90. The Kier molecular flexibility index (Phi) is 4.04. The molecular weight excluding hydrogens is 288 g/mol. The van der Waals surface area contributed by atoms with Crippen LogP contribution in [0.1, 0.15) is 11.1 Å². The SMILES string of the molecule is Cc1cccc(N(C)c2ccc(CN)c(Br)c2)c1. The van der Waals surface area contributed by atoms with E-state index >= 15 is 0 Å². The average molecular weight is 305 g/mol. The summed E-state index contributed by atoms with van der Waals surface area (Å²) in [4.78, 5) is 2.16. The zero-order valence-corrected chi connectivity index (χ0v) is 12.2.